The Hall–Kier alpha value is -3.52. The smallest absolute Gasteiger partial charge is 0.338 e. The summed E-state index contributed by atoms with van der Waals surface area (Å²) in [6.45, 7) is 3.76. The van der Waals surface area contributed by atoms with Crippen LogP contribution in [0.5, 0.6) is 0 Å². The maximum Gasteiger partial charge on any atom is 0.338 e. The number of anilines is 1. The Morgan fingerprint density at radius 3 is 2.58 bits per heavy atom. The number of nitrogens with one attached hydrogen (secondary N) is 1. The van der Waals surface area contributed by atoms with E-state index in [1.54, 1.807) is 31.2 Å². The van der Waals surface area contributed by atoms with E-state index < -0.39 is 0 Å². The van der Waals surface area contributed by atoms with Crippen LogP contribution in [0, 0.1) is 0 Å². The Bertz CT molecular complexity index is 1030. The molecular weight excluding hydrogens is 396 g/mol. The fraction of sp³-hybridized carbons (Fsp3) is 0.304. The van der Waals surface area contributed by atoms with Gasteiger partial charge in [-0.15, -0.1) is 0 Å². The number of carbonyl (C=O) groups excluding carboxylic acids is 2. The van der Waals surface area contributed by atoms with Gasteiger partial charge in [-0.05, 0) is 36.8 Å². The summed E-state index contributed by atoms with van der Waals surface area (Å²) in [6, 6.07) is 16.7. The highest BCUT2D eigenvalue weighted by Gasteiger charge is 2.33. The van der Waals surface area contributed by atoms with Crippen LogP contribution >= 0.6 is 0 Å². The molecule has 1 fully saturated rings. The topological polar surface area (TPSA) is 97.6 Å². The van der Waals surface area contributed by atoms with E-state index >= 15 is 0 Å². The van der Waals surface area contributed by atoms with Gasteiger partial charge in [-0.2, -0.15) is 4.98 Å². The van der Waals surface area contributed by atoms with E-state index in [2.05, 4.69) is 15.5 Å². The highest BCUT2D eigenvalue weighted by molar-refractivity contribution is 5.94. The maximum absolute atomic E-state index is 12.3. The Balaban J connectivity index is 1.22. The minimum atomic E-state index is -0.375. The average Bonchev–Trinajstić information content (AvgIpc) is 3.19. The molecule has 31 heavy (non-hydrogen) atoms. The van der Waals surface area contributed by atoms with Gasteiger partial charge in [0.25, 0.3) is 0 Å². The van der Waals surface area contributed by atoms with E-state index in [0.29, 0.717) is 49.1 Å². The summed E-state index contributed by atoms with van der Waals surface area (Å²) >= 11 is 0. The number of aromatic nitrogens is 2. The molecule has 1 aromatic heterocycles. The summed E-state index contributed by atoms with van der Waals surface area (Å²) in [4.78, 5) is 30.5. The number of ether oxygens (including phenoxy) is 1. The standard InChI is InChI=1S/C23H24N4O4/c1-2-30-23(29)17-8-10-19(11-9-17)24-21(28)15-27-13-18(14-27)22-25-20(26-31-22)12-16-6-4-3-5-7-16/h3-11,18H,2,12-15H2,1H3,(H,24,28). The number of hydrogen-bond acceptors (Lipinski definition) is 7. The predicted octanol–water partition coefficient (Wildman–Crippen LogP) is 2.88. The third-order valence-corrected chi connectivity index (χ3v) is 5.04. The van der Waals surface area contributed by atoms with Crippen LogP contribution < -0.4 is 5.32 Å². The second kappa shape index (κ2) is 9.53. The molecule has 0 spiro atoms. The minimum absolute atomic E-state index is 0.113. The first-order chi connectivity index (χ1) is 15.1. The molecule has 0 atom stereocenters. The van der Waals surface area contributed by atoms with Crippen molar-refractivity contribution >= 4 is 17.6 Å². The molecule has 2 heterocycles. The summed E-state index contributed by atoms with van der Waals surface area (Å²) in [7, 11) is 0. The zero-order chi connectivity index (χ0) is 21.6. The van der Waals surface area contributed by atoms with Gasteiger partial charge in [0.1, 0.15) is 0 Å². The van der Waals surface area contributed by atoms with Crippen molar-refractivity contribution in [2.24, 2.45) is 0 Å². The van der Waals surface area contributed by atoms with Crippen LogP contribution in [-0.4, -0.2) is 53.2 Å². The highest BCUT2D eigenvalue weighted by atomic mass is 16.5. The van der Waals surface area contributed by atoms with Crippen molar-refractivity contribution in [1.29, 1.82) is 0 Å². The first-order valence-corrected chi connectivity index (χ1v) is 10.3. The molecule has 1 amide bonds. The first-order valence-electron chi connectivity index (χ1n) is 10.3. The summed E-state index contributed by atoms with van der Waals surface area (Å²) < 4.78 is 10.4. The number of rotatable bonds is 8. The third kappa shape index (κ3) is 5.35. The Morgan fingerprint density at radius 2 is 1.87 bits per heavy atom. The molecule has 1 N–H and O–H groups in total. The average molecular weight is 420 g/mol. The Labute approximate surface area is 180 Å². The minimum Gasteiger partial charge on any atom is -0.462 e. The lowest BCUT2D eigenvalue weighted by Crippen LogP contribution is -2.48. The van der Waals surface area contributed by atoms with Crippen molar-refractivity contribution in [1.82, 2.24) is 15.0 Å². The molecule has 0 bridgehead atoms. The van der Waals surface area contributed by atoms with Gasteiger partial charge in [-0.25, -0.2) is 4.79 Å². The molecule has 1 saturated heterocycles. The van der Waals surface area contributed by atoms with Crippen molar-refractivity contribution in [3.8, 4) is 0 Å². The molecule has 0 radical (unpaired) electrons. The Morgan fingerprint density at radius 1 is 1.13 bits per heavy atom. The van der Waals surface area contributed by atoms with E-state index in [0.717, 1.165) is 5.56 Å². The number of amides is 1. The summed E-state index contributed by atoms with van der Waals surface area (Å²) in [5.41, 5.74) is 2.23. The third-order valence-electron chi connectivity index (χ3n) is 5.04. The van der Waals surface area contributed by atoms with E-state index in [1.165, 1.54) is 0 Å². The van der Waals surface area contributed by atoms with Gasteiger partial charge in [0.05, 0.1) is 24.6 Å². The highest BCUT2D eigenvalue weighted by Crippen LogP contribution is 2.25. The van der Waals surface area contributed by atoms with Crippen molar-refractivity contribution in [2.45, 2.75) is 19.3 Å². The van der Waals surface area contributed by atoms with Gasteiger partial charge in [0, 0.05) is 25.2 Å². The second-order valence-electron chi connectivity index (χ2n) is 7.45. The van der Waals surface area contributed by atoms with Gasteiger partial charge in [-0.1, -0.05) is 35.5 Å². The lowest BCUT2D eigenvalue weighted by atomic mass is 10.0. The number of nitrogens with zero attached hydrogens (tertiary/aromatic N) is 3. The monoisotopic (exact) mass is 420 g/mol. The summed E-state index contributed by atoms with van der Waals surface area (Å²) in [5.74, 6) is 0.951. The molecule has 4 rings (SSSR count). The molecule has 2 aromatic carbocycles. The van der Waals surface area contributed by atoms with Crippen molar-refractivity contribution in [2.75, 3.05) is 31.6 Å². The predicted molar refractivity (Wildman–Crippen MR) is 114 cm³/mol. The van der Waals surface area contributed by atoms with E-state index in [1.807, 2.05) is 35.2 Å². The Kier molecular flexibility index (Phi) is 6.37. The van der Waals surface area contributed by atoms with Crippen LogP contribution in [0.25, 0.3) is 0 Å². The molecule has 3 aromatic rings. The maximum atomic E-state index is 12.3. The molecule has 0 aliphatic carbocycles. The SMILES string of the molecule is CCOC(=O)c1ccc(NC(=O)CN2CC(c3nc(Cc4ccccc4)no3)C2)cc1. The van der Waals surface area contributed by atoms with Gasteiger partial charge in [-0.3, -0.25) is 9.69 Å². The number of carbonyl (C=O) groups is 2. The molecule has 0 saturated carbocycles. The van der Waals surface area contributed by atoms with Gasteiger partial charge >= 0.3 is 5.97 Å². The van der Waals surface area contributed by atoms with Crippen molar-refractivity contribution in [3.05, 3.63) is 77.4 Å². The van der Waals surface area contributed by atoms with Crippen molar-refractivity contribution < 1.29 is 18.8 Å². The molecule has 160 valence electrons. The number of hydrogen-bond donors (Lipinski definition) is 1. The normalized spacial score (nSPS) is 14.1. The number of likely N-dealkylation sites (tertiary alicyclic amines) is 1. The number of esters is 1. The van der Waals surface area contributed by atoms with Crippen molar-refractivity contribution in [3.63, 3.8) is 0 Å². The lowest BCUT2D eigenvalue weighted by molar-refractivity contribution is -0.118. The van der Waals surface area contributed by atoms with E-state index in [9.17, 15) is 9.59 Å². The fourth-order valence-corrected chi connectivity index (χ4v) is 3.45. The second-order valence-corrected chi connectivity index (χ2v) is 7.45. The quantitative estimate of drug-likeness (QED) is 0.560. The largest absolute Gasteiger partial charge is 0.462 e. The fourth-order valence-electron chi connectivity index (χ4n) is 3.45. The molecular formula is C23H24N4O4. The lowest BCUT2D eigenvalue weighted by Gasteiger charge is -2.36. The van der Waals surface area contributed by atoms with Crippen LogP contribution in [0.4, 0.5) is 5.69 Å². The first kappa shape index (κ1) is 20.7. The molecule has 1 aliphatic rings. The van der Waals surface area contributed by atoms with Gasteiger partial charge in [0.2, 0.25) is 11.8 Å². The van der Waals surface area contributed by atoms with Crippen LogP contribution in [0.1, 0.15) is 40.5 Å². The van der Waals surface area contributed by atoms with Crippen LogP contribution in [-0.2, 0) is 16.0 Å². The molecule has 0 unspecified atom stereocenters. The molecule has 8 nitrogen and oxygen atoms in total. The summed E-state index contributed by atoms with van der Waals surface area (Å²) in [6.07, 6.45) is 0.637. The van der Waals surface area contributed by atoms with E-state index in [4.69, 9.17) is 9.26 Å². The number of benzene rings is 2. The van der Waals surface area contributed by atoms with Gasteiger partial charge in [0.15, 0.2) is 5.82 Å². The molecule has 8 heteroatoms. The van der Waals surface area contributed by atoms with Gasteiger partial charge < -0.3 is 14.6 Å². The van der Waals surface area contributed by atoms with Crippen LogP contribution in [0.15, 0.2) is 59.1 Å². The zero-order valence-corrected chi connectivity index (χ0v) is 17.3. The summed E-state index contributed by atoms with van der Waals surface area (Å²) in [5, 5.41) is 6.91. The zero-order valence-electron chi connectivity index (χ0n) is 17.3. The van der Waals surface area contributed by atoms with Crippen LogP contribution in [0.3, 0.4) is 0 Å². The van der Waals surface area contributed by atoms with E-state index in [-0.39, 0.29) is 24.3 Å². The van der Waals surface area contributed by atoms with Crippen LogP contribution in [0.2, 0.25) is 0 Å². The molecule has 1 aliphatic heterocycles.